The van der Waals surface area contributed by atoms with Crippen LogP contribution < -0.4 is 10.1 Å². The van der Waals surface area contributed by atoms with Crippen LogP contribution >= 0.6 is 23.2 Å². The van der Waals surface area contributed by atoms with Gasteiger partial charge in [-0.25, -0.2) is 0 Å². The molecule has 6 heteroatoms. The maximum Gasteiger partial charge on any atom is 0.174 e. The third kappa shape index (κ3) is 4.71. The van der Waals surface area contributed by atoms with Crippen LogP contribution in [0.4, 0.5) is 0 Å². The first-order chi connectivity index (χ1) is 9.52. The number of ether oxygens (including phenoxy) is 1. The van der Waals surface area contributed by atoms with Gasteiger partial charge >= 0.3 is 0 Å². The van der Waals surface area contributed by atoms with Crippen LogP contribution in [0, 0.1) is 0 Å². The van der Waals surface area contributed by atoms with Gasteiger partial charge < -0.3 is 14.6 Å². The van der Waals surface area contributed by atoms with Crippen LogP contribution in [0.3, 0.4) is 0 Å². The van der Waals surface area contributed by atoms with E-state index in [0.717, 1.165) is 5.69 Å². The summed E-state index contributed by atoms with van der Waals surface area (Å²) in [7, 11) is 0. The Balaban J connectivity index is 1.90. The van der Waals surface area contributed by atoms with Crippen molar-refractivity contribution in [2.24, 2.45) is 0 Å². The zero-order valence-electron chi connectivity index (χ0n) is 11.3. The molecule has 2 rings (SSSR count). The number of rotatable bonds is 6. The largest absolute Gasteiger partial charge is 0.485 e. The summed E-state index contributed by atoms with van der Waals surface area (Å²) in [5.41, 5.74) is 0.849. The Morgan fingerprint density at radius 1 is 1.20 bits per heavy atom. The summed E-state index contributed by atoms with van der Waals surface area (Å²) in [5.74, 6) is 1.25. The van der Waals surface area contributed by atoms with Gasteiger partial charge in [-0.15, -0.1) is 0 Å². The summed E-state index contributed by atoms with van der Waals surface area (Å²) in [6, 6.07) is 7.32. The van der Waals surface area contributed by atoms with Crippen molar-refractivity contribution in [1.29, 1.82) is 0 Å². The average molecular weight is 315 g/mol. The maximum atomic E-state index is 5.90. The van der Waals surface area contributed by atoms with Gasteiger partial charge in [0.15, 0.2) is 5.76 Å². The van der Waals surface area contributed by atoms with E-state index < -0.39 is 0 Å². The molecular formula is C14H16Cl2N2O2. The lowest BCUT2D eigenvalue weighted by Gasteiger charge is -2.04. The monoisotopic (exact) mass is 314 g/mol. The molecule has 1 aromatic heterocycles. The lowest BCUT2D eigenvalue weighted by molar-refractivity contribution is 0.248. The van der Waals surface area contributed by atoms with Crippen molar-refractivity contribution in [2.45, 2.75) is 33.0 Å². The van der Waals surface area contributed by atoms with Crippen LogP contribution in [0.15, 0.2) is 28.8 Å². The summed E-state index contributed by atoms with van der Waals surface area (Å²) >= 11 is 11.8. The lowest BCUT2D eigenvalue weighted by atomic mass is 10.3. The van der Waals surface area contributed by atoms with Crippen LogP contribution in [0.1, 0.15) is 25.3 Å². The lowest BCUT2D eigenvalue weighted by Crippen LogP contribution is -2.21. The topological polar surface area (TPSA) is 47.3 Å². The molecule has 0 aliphatic carbocycles. The second kappa shape index (κ2) is 6.97. The number of aromatic nitrogens is 1. The second-order valence-corrected chi connectivity index (χ2v) is 5.59. The number of hydrogen-bond acceptors (Lipinski definition) is 4. The molecule has 0 radical (unpaired) electrons. The van der Waals surface area contributed by atoms with Crippen molar-refractivity contribution in [3.05, 3.63) is 45.8 Å². The zero-order valence-corrected chi connectivity index (χ0v) is 12.8. The summed E-state index contributed by atoms with van der Waals surface area (Å²) in [6.45, 7) is 5.11. The molecule has 20 heavy (non-hydrogen) atoms. The molecule has 0 saturated heterocycles. The van der Waals surface area contributed by atoms with E-state index in [1.54, 1.807) is 18.2 Å². The van der Waals surface area contributed by atoms with E-state index in [1.165, 1.54) is 0 Å². The first-order valence-electron chi connectivity index (χ1n) is 6.29. The van der Waals surface area contributed by atoms with E-state index in [1.807, 2.05) is 6.07 Å². The van der Waals surface area contributed by atoms with Gasteiger partial charge in [-0.2, -0.15) is 0 Å². The Morgan fingerprint density at radius 2 is 1.90 bits per heavy atom. The fourth-order valence-electron chi connectivity index (χ4n) is 1.58. The second-order valence-electron chi connectivity index (χ2n) is 4.71. The normalized spacial score (nSPS) is 11.1. The number of hydrogen-bond donors (Lipinski definition) is 1. The van der Waals surface area contributed by atoms with E-state index >= 15 is 0 Å². The summed E-state index contributed by atoms with van der Waals surface area (Å²) < 4.78 is 10.8. The van der Waals surface area contributed by atoms with Crippen LogP contribution in [0.2, 0.25) is 10.0 Å². The highest BCUT2D eigenvalue weighted by Gasteiger charge is 2.06. The van der Waals surface area contributed by atoms with E-state index in [0.29, 0.717) is 34.1 Å². The molecule has 108 valence electrons. The van der Waals surface area contributed by atoms with Gasteiger partial charge in [-0.3, -0.25) is 0 Å². The molecule has 0 amide bonds. The van der Waals surface area contributed by atoms with E-state index in [4.69, 9.17) is 32.5 Å². The number of benzene rings is 1. The van der Waals surface area contributed by atoms with Gasteiger partial charge in [0.2, 0.25) is 0 Å². The molecule has 0 fully saturated rings. The zero-order chi connectivity index (χ0) is 14.5. The molecule has 1 N–H and O–H groups in total. The highest BCUT2D eigenvalue weighted by Crippen LogP contribution is 2.24. The molecule has 0 aliphatic rings. The fourth-order valence-corrected chi connectivity index (χ4v) is 2.09. The highest BCUT2D eigenvalue weighted by molar-refractivity contribution is 6.34. The molecule has 2 aromatic rings. The summed E-state index contributed by atoms with van der Waals surface area (Å²) in [5, 5.41) is 8.30. The molecule has 0 spiro atoms. The van der Waals surface area contributed by atoms with Gasteiger partial charge in [-0.05, 0) is 18.2 Å². The number of nitrogens with zero attached hydrogens (tertiary/aromatic N) is 1. The molecule has 0 saturated carbocycles. The minimum atomic E-state index is 0.283. The molecular weight excluding hydrogens is 299 g/mol. The minimum Gasteiger partial charge on any atom is -0.485 e. The number of halogens is 2. The van der Waals surface area contributed by atoms with Crippen molar-refractivity contribution >= 4 is 23.2 Å². The Hall–Kier alpha value is -1.23. The van der Waals surface area contributed by atoms with Gasteiger partial charge in [-0.1, -0.05) is 42.2 Å². The van der Waals surface area contributed by atoms with Crippen molar-refractivity contribution in [2.75, 3.05) is 0 Å². The van der Waals surface area contributed by atoms with Crippen molar-refractivity contribution in [3.8, 4) is 5.75 Å². The van der Waals surface area contributed by atoms with Gasteiger partial charge in [0.05, 0.1) is 5.69 Å². The predicted octanol–water partition coefficient (Wildman–Crippen LogP) is 4.06. The van der Waals surface area contributed by atoms with E-state index in [-0.39, 0.29) is 6.61 Å². The maximum absolute atomic E-state index is 5.90. The van der Waals surface area contributed by atoms with Crippen molar-refractivity contribution in [1.82, 2.24) is 10.5 Å². The van der Waals surface area contributed by atoms with Crippen molar-refractivity contribution in [3.63, 3.8) is 0 Å². The average Bonchev–Trinajstić information content (AvgIpc) is 2.81. The van der Waals surface area contributed by atoms with Crippen LogP contribution in [0.25, 0.3) is 0 Å². The smallest absolute Gasteiger partial charge is 0.174 e. The number of nitrogens with one attached hydrogen (secondary N) is 1. The predicted molar refractivity (Wildman–Crippen MR) is 79.3 cm³/mol. The molecule has 1 aromatic carbocycles. The molecule has 4 nitrogen and oxygen atoms in total. The molecule has 1 heterocycles. The first-order valence-corrected chi connectivity index (χ1v) is 7.05. The minimum absolute atomic E-state index is 0.283. The fraction of sp³-hybridized carbons (Fsp3) is 0.357. The third-order valence-corrected chi connectivity index (χ3v) is 2.95. The Labute approximate surface area is 128 Å². The molecule has 0 bridgehead atoms. The van der Waals surface area contributed by atoms with Crippen LogP contribution in [-0.2, 0) is 13.2 Å². The summed E-state index contributed by atoms with van der Waals surface area (Å²) in [4.78, 5) is 0. The van der Waals surface area contributed by atoms with Crippen LogP contribution in [0.5, 0.6) is 5.75 Å². The van der Waals surface area contributed by atoms with Gasteiger partial charge in [0, 0.05) is 28.7 Å². The van der Waals surface area contributed by atoms with Gasteiger partial charge in [0.1, 0.15) is 12.4 Å². The summed E-state index contributed by atoms with van der Waals surface area (Å²) in [6.07, 6.45) is 0. The highest BCUT2D eigenvalue weighted by atomic mass is 35.5. The Kier molecular flexibility index (Phi) is 5.29. The molecule has 0 unspecified atom stereocenters. The standard InChI is InChI=1S/C14H16Cl2N2O2/c1-9(2)17-7-12-6-14(20-18-12)8-19-13-4-10(15)3-11(16)5-13/h3-6,9,17H,7-8H2,1-2H3. The Morgan fingerprint density at radius 3 is 2.55 bits per heavy atom. The molecule has 0 atom stereocenters. The third-order valence-electron chi connectivity index (χ3n) is 2.52. The Bertz CT molecular complexity index is 550. The molecule has 0 aliphatic heterocycles. The SMILES string of the molecule is CC(C)NCc1cc(COc2cc(Cl)cc(Cl)c2)on1. The van der Waals surface area contributed by atoms with E-state index in [9.17, 15) is 0 Å². The quantitative estimate of drug-likeness (QED) is 0.873. The van der Waals surface area contributed by atoms with Crippen molar-refractivity contribution < 1.29 is 9.26 Å². The van der Waals surface area contributed by atoms with E-state index in [2.05, 4.69) is 24.3 Å². The van der Waals surface area contributed by atoms with Crippen LogP contribution in [-0.4, -0.2) is 11.2 Å². The van der Waals surface area contributed by atoms with Gasteiger partial charge in [0.25, 0.3) is 0 Å². The first kappa shape index (κ1) is 15.2.